The number of nitrogens with one attached hydrogen (secondary N) is 1. The number of hydrogen-bond acceptors (Lipinski definition) is 2. The van der Waals surface area contributed by atoms with E-state index < -0.39 is 0 Å². The van der Waals surface area contributed by atoms with Crippen LogP contribution in [0.3, 0.4) is 0 Å². The molecule has 0 radical (unpaired) electrons. The minimum Gasteiger partial charge on any atom is -0.311 e. The van der Waals surface area contributed by atoms with Gasteiger partial charge in [-0.25, -0.2) is 0 Å². The molecule has 0 amide bonds. The molecule has 1 N–H and O–H groups in total. The van der Waals surface area contributed by atoms with E-state index in [0.717, 1.165) is 24.0 Å². The Balaban J connectivity index is 1.66. The van der Waals surface area contributed by atoms with Crippen molar-refractivity contribution >= 4 is 0 Å². The van der Waals surface area contributed by atoms with Gasteiger partial charge in [-0.3, -0.25) is 0 Å². The second-order valence-electron chi connectivity index (χ2n) is 5.87. The second kappa shape index (κ2) is 4.84. The Morgan fingerprint density at radius 2 is 1.93 bits per heavy atom. The second-order valence-corrected chi connectivity index (χ2v) is 5.87. The van der Waals surface area contributed by atoms with Crippen molar-refractivity contribution in [2.45, 2.75) is 63.6 Å². The Hall–Kier alpha value is -0.0800. The molecule has 0 aromatic rings. The Bertz CT molecular complexity index is 199. The molecule has 2 saturated carbocycles. The van der Waals surface area contributed by atoms with Crippen LogP contribution < -0.4 is 5.32 Å². The summed E-state index contributed by atoms with van der Waals surface area (Å²) in [6, 6.07) is 2.34. The van der Waals surface area contributed by atoms with E-state index in [1.54, 1.807) is 0 Å². The summed E-state index contributed by atoms with van der Waals surface area (Å²) in [6.07, 6.45) is 8.47. The third kappa shape index (κ3) is 3.46. The highest BCUT2D eigenvalue weighted by Crippen LogP contribution is 2.34. The molecule has 0 spiro atoms. The van der Waals surface area contributed by atoms with E-state index in [1.807, 2.05) is 0 Å². The summed E-state index contributed by atoms with van der Waals surface area (Å²) in [7, 11) is 4.42. The minimum atomic E-state index is 0.739. The minimum absolute atomic E-state index is 0.739. The molecule has 0 aromatic carbocycles. The first kappa shape index (κ1) is 11.4. The molecule has 2 rings (SSSR count). The molecule has 2 nitrogen and oxygen atoms in total. The average molecular weight is 210 g/mol. The Kier molecular flexibility index (Phi) is 3.68. The van der Waals surface area contributed by atoms with Crippen LogP contribution in [0.1, 0.15) is 45.4 Å². The quantitative estimate of drug-likeness (QED) is 0.749. The van der Waals surface area contributed by atoms with Gasteiger partial charge in [0.05, 0.1) is 0 Å². The first-order valence-corrected chi connectivity index (χ1v) is 6.57. The maximum atomic E-state index is 3.81. The van der Waals surface area contributed by atoms with Gasteiger partial charge in [0.15, 0.2) is 0 Å². The van der Waals surface area contributed by atoms with E-state index in [2.05, 4.69) is 31.2 Å². The largest absolute Gasteiger partial charge is 0.311 e. The van der Waals surface area contributed by atoms with Crippen molar-refractivity contribution < 1.29 is 0 Å². The van der Waals surface area contributed by atoms with E-state index in [0.29, 0.717) is 0 Å². The standard InChI is InChI=1S/C13H26N2/c1-10(8-11-4-5-11)14-12-6-7-13(9-12)15(2)3/h10-14H,4-9H2,1-3H3. The van der Waals surface area contributed by atoms with Crippen LogP contribution in [0.25, 0.3) is 0 Å². The summed E-state index contributed by atoms with van der Waals surface area (Å²) in [5.74, 6) is 1.05. The molecule has 0 saturated heterocycles. The number of rotatable bonds is 5. The molecular weight excluding hydrogens is 184 g/mol. The summed E-state index contributed by atoms with van der Waals surface area (Å²) >= 11 is 0. The van der Waals surface area contributed by atoms with Gasteiger partial charge in [-0.2, -0.15) is 0 Å². The van der Waals surface area contributed by atoms with E-state index in [1.165, 1.54) is 38.5 Å². The fraction of sp³-hybridized carbons (Fsp3) is 1.00. The predicted octanol–water partition coefficient (Wildman–Crippen LogP) is 2.25. The van der Waals surface area contributed by atoms with Crippen LogP contribution in [-0.4, -0.2) is 37.1 Å². The van der Waals surface area contributed by atoms with Crippen LogP contribution >= 0.6 is 0 Å². The lowest BCUT2D eigenvalue weighted by atomic mass is 10.1. The molecular formula is C13H26N2. The molecule has 0 aliphatic heterocycles. The van der Waals surface area contributed by atoms with Gasteiger partial charge in [0.2, 0.25) is 0 Å². The van der Waals surface area contributed by atoms with E-state index in [4.69, 9.17) is 0 Å². The summed E-state index contributed by atoms with van der Waals surface area (Å²) in [4.78, 5) is 2.38. The van der Waals surface area contributed by atoms with Crippen molar-refractivity contribution in [2.24, 2.45) is 5.92 Å². The van der Waals surface area contributed by atoms with E-state index >= 15 is 0 Å². The third-order valence-electron chi connectivity index (χ3n) is 4.04. The molecule has 2 aliphatic carbocycles. The first-order chi connectivity index (χ1) is 7.15. The topological polar surface area (TPSA) is 15.3 Å². The first-order valence-electron chi connectivity index (χ1n) is 6.57. The summed E-state index contributed by atoms with van der Waals surface area (Å²) < 4.78 is 0. The van der Waals surface area contributed by atoms with Crippen LogP contribution in [0.5, 0.6) is 0 Å². The van der Waals surface area contributed by atoms with E-state index in [-0.39, 0.29) is 0 Å². The van der Waals surface area contributed by atoms with Crippen molar-refractivity contribution in [2.75, 3.05) is 14.1 Å². The SMILES string of the molecule is CC(CC1CC1)NC1CCC(N(C)C)C1. The lowest BCUT2D eigenvalue weighted by Crippen LogP contribution is -2.36. The predicted molar refractivity (Wildman–Crippen MR) is 65.1 cm³/mol. The monoisotopic (exact) mass is 210 g/mol. The molecule has 2 fully saturated rings. The third-order valence-corrected chi connectivity index (χ3v) is 4.04. The van der Waals surface area contributed by atoms with Crippen molar-refractivity contribution in [3.8, 4) is 0 Å². The lowest BCUT2D eigenvalue weighted by molar-refractivity contribution is 0.290. The Labute approximate surface area is 94.4 Å². The summed E-state index contributed by atoms with van der Waals surface area (Å²) in [6.45, 7) is 2.36. The molecule has 0 bridgehead atoms. The van der Waals surface area contributed by atoms with Gasteiger partial charge in [0.25, 0.3) is 0 Å². The zero-order valence-electron chi connectivity index (χ0n) is 10.5. The van der Waals surface area contributed by atoms with Gasteiger partial charge >= 0.3 is 0 Å². The normalized spacial score (nSPS) is 33.6. The number of nitrogens with zero attached hydrogens (tertiary/aromatic N) is 1. The molecule has 3 atom stereocenters. The van der Waals surface area contributed by atoms with Crippen molar-refractivity contribution in [3.63, 3.8) is 0 Å². The highest BCUT2D eigenvalue weighted by Gasteiger charge is 2.29. The summed E-state index contributed by atoms with van der Waals surface area (Å²) in [5.41, 5.74) is 0. The number of hydrogen-bond donors (Lipinski definition) is 1. The molecule has 2 heteroatoms. The van der Waals surface area contributed by atoms with Gasteiger partial charge in [-0.05, 0) is 52.6 Å². The van der Waals surface area contributed by atoms with Gasteiger partial charge in [0.1, 0.15) is 0 Å². The Morgan fingerprint density at radius 3 is 2.47 bits per heavy atom. The zero-order valence-corrected chi connectivity index (χ0v) is 10.5. The average Bonchev–Trinajstić information content (AvgIpc) is 2.82. The maximum Gasteiger partial charge on any atom is 0.0105 e. The highest BCUT2D eigenvalue weighted by molar-refractivity contribution is 4.87. The highest BCUT2D eigenvalue weighted by atomic mass is 15.1. The van der Waals surface area contributed by atoms with Crippen LogP contribution in [0, 0.1) is 5.92 Å². The smallest absolute Gasteiger partial charge is 0.0105 e. The molecule has 3 unspecified atom stereocenters. The van der Waals surface area contributed by atoms with Gasteiger partial charge in [0, 0.05) is 18.1 Å². The molecule has 88 valence electrons. The van der Waals surface area contributed by atoms with Crippen molar-refractivity contribution in [1.29, 1.82) is 0 Å². The lowest BCUT2D eigenvalue weighted by Gasteiger charge is -2.21. The van der Waals surface area contributed by atoms with Crippen LogP contribution in [0.15, 0.2) is 0 Å². The molecule has 0 heterocycles. The fourth-order valence-corrected chi connectivity index (χ4v) is 2.90. The molecule has 2 aliphatic rings. The fourth-order valence-electron chi connectivity index (χ4n) is 2.90. The van der Waals surface area contributed by atoms with Gasteiger partial charge in [-0.15, -0.1) is 0 Å². The molecule has 0 aromatic heterocycles. The maximum absolute atomic E-state index is 3.81. The van der Waals surface area contributed by atoms with Crippen molar-refractivity contribution in [3.05, 3.63) is 0 Å². The zero-order chi connectivity index (χ0) is 10.8. The van der Waals surface area contributed by atoms with Gasteiger partial charge in [-0.1, -0.05) is 12.8 Å². The summed E-state index contributed by atoms with van der Waals surface area (Å²) in [5, 5.41) is 3.81. The van der Waals surface area contributed by atoms with Crippen LogP contribution in [0.2, 0.25) is 0 Å². The van der Waals surface area contributed by atoms with Crippen LogP contribution in [-0.2, 0) is 0 Å². The van der Waals surface area contributed by atoms with Crippen molar-refractivity contribution in [1.82, 2.24) is 10.2 Å². The van der Waals surface area contributed by atoms with E-state index in [9.17, 15) is 0 Å². The van der Waals surface area contributed by atoms with Crippen LogP contribution in [0.4, 0.5) is 0 Å². The van der Waals surface area contributed by atoms with Gasteiger partial charge < -0.3 is 10.2 Å². The Morgan fingerprint density at radius 1 is 1.20 bits per heavy atom. The molecule has 15 heavy (non-hydrogen) atoms.